The zero-order chi connectivity index (χ0) is 27.5. The second kappa shape index (κ2) is 12.0. The van der Waals surface area contributed by atoms with Gasteiger partial charge in [0.25, 0.3) is 0 Å². The van der Waals surface area contributed by atoms with Gasteiger partial charge >= 0.3 is 0 Å². The Hall–Kier alpha value is -1.69. The largest absolute Gasteiger partial charge is 0.393 e. The van der Waals surface area contributed by atoms with Crippen LogP contribution >= 0.6 is 0 Å². The highest BCUT2D eigenvalue weighted by Gasteiger charge is 2.50. The standard InChI is InChI=1S/C32H51NO4/c1-8-33(9-2)30(37)31(5,6)29(36)17-12-21(3)26-15-16-27-23(11-10-18-32(26,27)7)13-14-24-19-25(34)20-28(35)22(24)4/h12-14,17,21,25-29,34-36H,4,8-11,15-16,18-20H2,1-3,5-7H3/b17-12+,23-13+,24-14-/t21-,25-,26-,27+,28+,29-,32-/m1/s1. The molecule has 0 unspecified atom stereocenters. The molecule has 1 amide bonds. The highest BCUT2D eigenvalue weighted by atomic mass is 16.3. The highest BCUT2D eigenvalue weighted by molar-refractivity contribution is 5.82. The molecular weight excluding hydrogens is 462 g/mol. The second-order valence-corrected chi connectivity index (χ2v) is 12.6. The van der Waals surface area contributed by atoms with E-state index in [4.69, 9.17) is 0 Å². The Kier molecular flexibility index (Phi) is 9.69. The van der Waals surface area contributed by atoms with Crippen molar-refractivity contribution in [1.29, 1.82) is 0 Å². The Balaban J connectivity index is 1.73. The summed E-state index contributed by atoms with van der Waals surface area (Å²) in [6, 6.07) is 0. The van der Waals surface area contributed by atoms with Crippen molar-refractivity contribution in [2.75, 3.05) is 13.1 Å². The van der Waals surface area contributed by atoms with Gasteiger partial charge in [-0.3, -0.25) is 4.79 Å². The lowest BCUT2D eigenvalue weighted by molar-refractivity contribution is -0.144. The average Bonchev–Trinajstić information content (AvgIpc) is 3.21. The molecule has 208 valence electrons. The van der Waals surface area contributed by atoms with Gasteiger partial charge in [-0.2, -0.15) is 0 Å². The number of rotatable bonds is 8. The van der Waals surface area contributed by atoms with Crippen molar-refractivity contribution in [3.63, 3.8) is 0 Å². The van der Waals surface area contributed by atoms with Crippen LogP contribution in [0, 0.1) is 28.6 Å². The van der Waals surface area contributed by atoms with Crippen LogP contribution < -0.4 is 0 Å². The SMILES string of the molecule is C=C1/C(=C\C=C2/CCC[C@]3(C)[C@@H]([C@H](C)/C=C/[C@@H](O)C(C)(C)C(=O)N(CC)CC)CC[C@@H]23)C[C@@H](O)C[C@@H]1O. The molecule has 3 fully saturated rings. The lowest BCUT2D eigenvalue weighted by atomic mass is 9.61. The minimum Gasteiger partial charge on any atom is -0.393 e. The van der Waals surface area contributed by atoms with Crippen LogP contribution in [0.5, 0.6) is 0 Å². The van der Waals surface area contributed by atoms with E-state index in [-0.39, 0.29) is 11.3 Å². The number of fused-ring (bicyclic) bond motifs is 1. The summed E-state index contributed by atoms with van der Waals surface area (Å²) in [5.41, 5.74) is 2.53. The normalized spacial score (nSPS) is 34.7. The van der Waals surface area contributed by atoms with Crippen LogP contribution in [0.3, 0.4) is 0 Å². The molecule has 37 heavy (non-hydrogen) atoms. The summed E-state index contributed by atoms with van der Waals surface area (Å²) in [7, 11) is 0. The molecule has 3 aliphatic rings. The predicted octanol–water partition coefficient (Wildman–Crippen LogP) is 5.58. The first kappa shape index (κ1) is 29.9. The van der Waals surface area contributed by atoms with E-state index < -0.39 is 23.7 Å². The molecular formula is C32H51NO4. The maximum atomic E-state index is 13.0. The first-order valence-electron chi connectivity index (χ1n) is 14.5. The van der Waals surface area contributed by atoms with Crippen molar-refractivity contribution in [2.24, 2.45) is 28.6 Å². The number of nitrogens with zero attached hydrogens (tertiary/aromatic N) is 1. The second-order valence-electron chi connectivity index (χ2n) is 12.6. The van der Waals surface area contributed by atoms with Crippen LogP contribution in [0.15, 0.2) is 47.6 Å². The molecule has 5 nitrogen and oxygen atoms in total. The Bertz CT molecular complexity index is 927. The zero-order valence-electron chi connectivity index (χ0n) is 24.0. The molecule has 0 aromatic heterocycles. The molecule has 0 aliphatic heterocycles. The van der Waals surface area contributed by atoms with Crippen molar-refractivity contribution < 1.29 is 20.1 Å². The molecule has 0 saturated heterocycles. The molecule has 5 heteroatoms. The minimum atomic E-state index is -0.858. The number of amides is 1. The number of hydrogen-bond donors (Lipinski definition) is 3. The summed E-state index contributed by atoms with van der Waals surface area (Å²) in [6.07, 6.45) is 13.1. The average molecular weight is 514 g/mol. The van der Waals surface area contributed by atoms with E-state index in [0.717, 1.165) is 36.8 Å². The number of allylic oxidation sites excluding steroid dienone is 4. The van der Waals surface area contributed by atoms with Crippen molar-refractivity contribution >= 4 is 5.91 Å². The van der Waals surface area contributed by atoms with E-state index in [1.807, 2.05) is 33.8 Å². The predicted molar refractivity (Wildman–Crippen MR) is 151 cm³/mol. The fourth-order valence-electron chi connectivity index (χ4n) is 7.31. The Morgan fingerprint density at radius 2 is 1.86 bits per heavy atom. The van der Waals surface area contributed by atoms with Crippen LogP contribution in [-0.4, -0.2) is 57.5 Å². The van der Waals surface area contributed by atoms with Crippen LogP contribution in [0.1, 0.15) is 86.5 Å². The smallest absolute Gasteiger partial charge is 0.231 e. The third-order valence-electron chi connectivity index (χ3n) is 9.88. The molecule has 0 aromatic carbocycles. The van der Waals surface area contributed by atoms with Gasteiger partial charge in [-0.15, -0.1) is 0 Å². The first-order chi connectivity index (χ1) is 17.4. The van der Waals surface area contributed by atoms with Crippen LogP contribution in [0.4, 0.5) is 0 Å². The van der Waals surface area contributed by atoms with E-state index in [0.29, 0.717) is 43.7 Å². The van der Waals surface area contributed by atoms with Crippen molar-refractivity contribution in [2.45, 2.75) is 105 Å². The van der Waals surface area contributed by atoms with E-state index in [1.165, 1.54) is 12.0 Å². The molecule has 0 spiro atoms. The Morgan fingerprint density at radius 1 is 1.19 bits per heavy atom. The van der Waals surface area contributed by atoms with Crippen LogP contribution in [0.2, 0.25) is 0 Å². The van der Waals surface area contributed by atoms with Gasteiger partial charge in [0.2, 0.25) is 5.91 Å². The quantitative estimate of drug-likeness (QED) is 0.370. The van der Waals surface area contributed by atoms with E-state index in [1.54, 1.807) is 4.90 Å². The molecule has 3 rings (SSSR count). The maximum Gasteiger partial charge on any atom is 0.231 e. The minimum absolute atomic E-state index is 0.00735. The molecule has 3 aliphatic carbocycles. The molecule has 0 heterocycles. The van der Waals surface area contributed by atoms with Crippen molar-refractivity contribution in [3.05, 3.63) is 47.6 Å². The summed E-state index contributed by atoms with van der Waals surface area (Å²) in [6.45, 7) is 17.7. The fourth-order valence-corrected chi connectivity index (χ4v) is 7.31. The molecule has 0 radical (unpaired) electrons. The highest BCUT2D eigenvalue weighted by Crippen LogP contribution is 2.59. The van der Waals surface area contributed by atoms with Crippen molar-refractivity contribution in [1.82, 2.24) is 4.90 Å². The zero-order valence-corrected chi connectivity index (χ0v) is 24.0. The van der Waals surface area contributed by atoms with Gasteiger partial charge in [-0.05, 0) is 101 Å². The molecule has 0 aromatic rings. The topological polar surface area (TPSA) is 81.0 Å². The van der Waals surface area contributed by atoms with Gasteiger partial charge in [0, 0.05) is 19.5 Å². The summed E-state index contributed by atoms with van der Waals surface area (Å²) in [5.74, 6) is 1.35. The van der Waals surface area contributed by atoms with Gasteiger partial charge in [0.15, 0.2) is 0 Å². The summed E-state index contributed by atoms with van der Waals surface area (Å²) < 4.78 is 0. The number of aliphatic hydroxyl groups excluding tert-OH is 3. The summed E-state index contributed by atoms with van der Waals surface area (Å²) in [5, 5.41) is 31.3. The third-order valence-corrected chi connectivity index (χ3v) is 9.88. The third kappa shape index (κ3) is 6.15. The van der Waals surface area contributed by atoms with Gasteiger partial charge in [-0.25, -0.2) is 0 Å². The molecule has 3 saturated carbocycles. The van der Waals surface area contributed by atoms with Gasteiger partial charge in [-0.1, -0.05) is 50.3 Å². The number of aliphatic hydroxyl groups is 3. The van der Waals surface area contributed by atoms with Crippen molar-refractivity contribution in [3.8, 4) is 0 Å². The van der Waals surface area contributed by atoms with E-state index in [2.05, 4.69) is 38.7 Å². The Labute approximate surface area is 225 Å². The summed E-state index contributed by atoms with van der Waals surface area (Å²) in [4.78, 5) is 14.8. The Morgan fingerprint density at radius 3 is 2.51 bits per heavy atom. The van der Waals surface area contributed by atoms with E-state index >= 15 is 0 Å². The van der Waals surface area contributed by atoms with Crippen LogP contribution in [-0.2, 0) is 4.79 Å². The maximum absolute atomic E-state index is 13.0. The van der Waals surface area contributed by atoms with Gasteiger partial charge < -0.3 is 20.2 Å². The lowest BCUT2D eigenvalue weighted by Gasteiger charge is -2.44. The molecule has 7 atom stereocenters. The van der Waals surface area contributed by atoms with Crippen LogP contribution in [0.25, 0.3) is 0 Å². The lowest BCUT2D eigenvalue weighted by Crippen LogP contribution is -2.46. The van der Waals surface area contributed by atoms with Gasteiger partial charge in [0.1, 0.15) is 0 Å². The monoisotopic (exact) mass is 513 g/mol. The number of carbonyl (C=O) groups is 1. The van der Waals surface area contributed by atoms with Gasteiger partial charge in [0.05, 0.1) is 23.7 Å². The molecule has 0 bridgehead atoms. The first-order valence-corrected chi connectivity index (χ1v) is 14.5. The van der Waals surface area contributed by atoms with E-state index in [9.17, 15) is 20.1 Å². The fraction of sp³-hybridized carbons (Fsp3) is 0.719. The molecule has 3 N–H and O–H groups in total. The summed E-state index contributed by atoms with van der Waals surface area (Å²) >= 11 is 0. The number of carbonyl (C=O) groups excluding carboxylic acids is 1. The number of hydrogen-bond acceptors (Lipinski definition) is 4.